The van der Waals surface area contributed by atoms with Crippen LogP contribution in [-0.4, -0.2) is 44.6 Å². The largest absolute Gasteiger partial charge is 0.350 e. The minimum atomic E-state index is -4.66. The molecule has 0 aromatic heterocycles. The summed E-state index contributed by atoms with van der Waals surface area (Å²) in [5.74, 6) is -3.86. The van der Waals surface area contributed by atoms with Crippen molar-refractivity contribution < 1.29 is 22.0 Å². The van der Waals surface area contributed by atoms with E-state index in [2.05, 4.69) is 10.2 Å². The first-order valence-corrected chi connectivity index (χ1v) is 10.6. The summed E-state index contributed by atoms with van der Waals surface area (Å²) in [6.07, 6.45) is 2.24. The van der Waals surface area contributed by atoms with Crippen molar-refractivity contribution in [3.63, 3.8) is 0 Å². The van der Waals surface area contributed by atoms with E-state index in [1.165, 1.54) is 12.1 Å². The van der Waals surface area contributed by atoms with Crippen molar-refractivity contribution in [1.29, 1.82) is 0 Å². The fourth-order valence-electron chi connectivity index (χ4n) is 3.38. The lowest BCUT2D eigenvalue weighted by Gasteiger charge is -2.28. The highest BCUT2D eigenvalue weighted by Gasteiger charge is 2.27. The number of likely N-dealkylation sites (tertiary alicyclic amines) is 1. The van der Waals surface area contributed by atoms with Gasteiger partial charge in [0.15, 0.2) is 0 Å². The van der Waals surface area contributed by atoms with Crippen LogP contribution in [-0.2, 0) is 9.84 Å². The molecule has 0 radical (unpaired) electrons. The predicted molar refractivity (Wildman–Crippen MR) is 102 cm³/mol. The lowest BCUT2D eigenvalue weighted by atomic mass is 10.1. The number of carbonyl (C=O) groups is 1. The third kappa shape index (κ3) is 4.56. The molecule has 0 bridgehead atoms. The van der Waals surface area contributed by atoms with Crippen LogP contribution >= 0.6 is 0 Å². The number of hydrogen-bond donors (Lipinski definition) is 1. The lowest BCUT2D eigenvalue weighted by molar-refractivity contribution is 0.0938. The van der Waals surface area contributed by atoms with E-state index in [-0.39, 0.29) is 17.5 Å². The molecular weight excluding hydrogens is 386 g/mol. The highest BCUT2D eigenvalue weighted by Crippen LogP contribution is 2.24. The standard InChI is InChI=1S/C20H22F2N2O3S/c21-20(22)28(26,27)17-10-8-16(9-11-17)19(25)23-14-18(24-12-4-5-13-24)15-6-2-1-3-7-15/h1-3,6-11,18,20H,4-5,12-14H2,(H,23,25). The summed E-state index contributed by atoms with van der Waals surface area (Å²) in [7, 11) is -4.66. The zero-order valence-corrected chi connectivity index (χ0v) is 16.0. The second-order valence-corrected chi connectivity index (χ2v) is 8.63. The third-order valence-electron chi connectivity index (χ3n) is 4.90. The molecule has 3 rings (SSSR count). The molecule has 1 heterocycles. The van der Waals surface area contributed by atoms with Crippen LogP contribution in [0.3, 0.4) is 0 Å². The Kier molecular flexibility index (Phi) is 6.41. The summed E-state index contributed by atoms with van der Waals surface area (Å²) >= 11 is 0. The van der Waals surface area contributed by atoms with Crippen LogP contribution in [0.25, 0.3) is 0 Å². The number of halogens is 2. The van der Waals surface area contributed by atoms with Gasteiger partial charge in [-0.05, 0) is 55.8 Å². The first-order chi connectivity index (χ1) is 13.4. The van der Waals surface area contributed by atoms with E-state index in [0.29, 0.717) is 6.54 Å². The normalized spacial score (nSPS) is 16.2. The maximum absolute atomic E-state index is 12.6. The maximum Gasteiger partial charge on any atom is 0.341 e. The summed E-state index contributed by atoms with van der Waals surface area (Å²) in [5, 5.41) is 2.88. The molecule has 1 amide bonds. The van der Waals surface area contributed by atoms with E-state index >= 15 is 0 Å². The van der Waals surface area contributed by atoms with Gasteiger partial charge in [0, 0.05) is 12.1 Å². The number of sulfone groups is 1. The van der Waals surface area contributed by atoms with Gasteiger partial charge in [-0.3, -0.25) is 9.69 Å². The predicted octanol–water partition coefficient (Wildman–Crippen LogP) is 3.25. The third-order valence-corrected chi connectivity index (χ3v) is 6.30. The van der Waals surface area contributed by atoms with Crippen molar-refractivity contribution in [3.8, 4) is 0 Å². The molecule has 0 saturated carbocycles. The number of amides is 1. The van der Waals surface area contributed by atoms with Gasteiger partial charge in [-0.2, -0.15) is 8.78 Å². The van der Waals surface area contributed by atoms with E-state index in [9.17, 15) is 22.0 Å². The van der Waals surface area contributed by atoms with Crippen molar-refractivity contribution in [2.45, 2.75) is 29.5 Å². The summed E-state index contributed by atoms with van der Waals surface area (Å²) in [6, 6.07) is 14.5. The summed E-state index contributed by atoms with van der Waals surface area (Å²) < 4.78 is 48.2. The molecule has 1 aliphatic rings. The molecule has 1 aliphatic heterocycles. The number of hydrogen-bond acceptors (Lipinski definition) is 4. The van der Waals surface area contributed by atoms with Gasteiger partial charge in [0.25, 0.3) is 5.91 Å². The molecule has 1 fully saturated rings. The van der Waals surface area contributed by atoms with Crippen LogP contribution in [0.1, 0.15) is 34.8 Å². The Hall–Kier alpha value is -2.32. The Labute approximate surface area is 163 Å². The Balaban J connectivity index is 1.69. The highest BCUT2D eigenvalue weighted by molar-refractivity contribution is 7.91. The van der Waals surface area contributed by atoms with Gasteiger partial charge >= 0.3 is 5.76 Å². The molecule has 28 heavy (non-hydrogen) atoms. The second-order valence-electron chi connectivity index (χ2n) is 6.71. The number of benzene rings is 2. The molecule has 0 aliphatic carbocycles. The fraction of sp³-hybridized carbons (Fsp3) is 0.350. The second kappa shape index (κ2) is 8.79. The smallest absolute Gasteiger partial charge is 0.341 e. The van der Waals surface area contributed by atoms with Crippen LogP contribution in [0.4, 0.5) is 8.78 Å². The number of carbonyl (C=O) groups excluding carboxylic acids is 1. The molecule has 1 unspecified atom stereocenters. The van der Waals surface area contributed by atoms with E-state index in [1.54, 1.807) is 0 Å². The van der Waals surface area contributed by atoms with Gasteiger partial charge in [-0.1, -0.05) is 30.3 Å². The SMILES string of the molecule is O=C(NCC(c1ccccc1)N1CCCC1)c1ccc(S(=O)(=O)C(F)F)cc1. The van der Waals surface area contributed by atoms with Gasteiger partial charge in [-0.25, -0.2) is 8.42 Å². The van der Waals surface area contributed by atoms with Crippen LogP contribution < -0.4 is 5.32 Å². The monoisotopic (exact) mass is 408 g/mol. The molecule has 1 saturated heterocycles. The topological polar surface area (TPSA) is 66.5 Å². The average Bonchev–Trinajstić information content (AvgIpc) is 3.23. The average molecular weight is 408 g/mol. The molecule has 2 aromatic carbocycles. The van der Waals surface area contributed by atoms with Crippen LogP contribution in [0, 0.1) is 0 Å². The Morgan fingerprint density at radius 1 is 1.00 bits per heavy atom. The summed E-state index contributed by atoms with van der Waals surface area (Å²) in [5.41, 5.74) is 1.34. The first-order valence-electron chi connectivity index (χ1n) is 9.09. The Morgan fingerprint density at radius 2 is 1.61 bits per heavy atom. The number of rotatable bonds is 7. The van der Waals surface area contributed by atoms with Crippen molar-refractivity contribution in [1.82, 2.24) is 10.2 Å². The minimum Gasteiger partial charge on any atom is -0.350 e. The van der Waals surface area contributed by atoms with E-state index < -0.39 is 20.5 Å². The van der Waals surface area contributed by atoms with Crippen LogP contribution in [0.2, 0.25) is 0 Å². The van der Waals surface area contributed by atoms with Crippen molar-refractivity contribution in [3.05, 3.63) is 65.7 Å². The van der Waals surface area contributed by atoms with Crippen LogP contribution in [0.5, 0.6) is 0 Å². The van der Waals surface area contributed by atoms with Crippen molar-refractivity contribution in [2.75, 3.05) is 19.6 Å². The molecule has 2 aromatic rings. The molecule has 8 heteroatoms. The molecule has 1 N–H and O–H groups in total. The highest BCUT2D eigenvalue weighted by atomic mass is 32.2. The molecule has 0 spiro atoms. The first kappa shape index (κ1) is 20.4. The van der Waals surface area contributed by atoms with Crippen molar-refractivity contribution in [2.24, 2.45) is 0 Å². The minimum absolute atomic E-state index is 0.0473. The van der Waals surface area contributed by atoms with Gasteiger partial charge < -0.3 is 5.32 Å². The van der Waals surface area contributed by atoms with Gasteiger partial charge in [0.1, 0.15) is 0 Å². The molecule has 5 nitrogen and oxygen atoms in total. The maximum atomic E-state index is 12.6. The zero-order chi connectivity index (χ0) is 20.1. The quantitative estimate of drug-likeness (QED) is 0.764. The van der Waals surface area contributed by atoms with E-state index in [0.717, 1.165) is 43.6 Å². The van der Waals surface area contributed by atoms with Crippen molar-refractivity contribution >= 4 is 15.7 Å². The molecule has 1 atom stereocenters. The van der Waals surface area contributed by atoms with E-state index in [4.69, 9.17) is 0 Å². The Morgan fingerprint density at radius 3 is 2.18 bits per heavy atom. The van der Waals surface area contributed by atoms with Gasteiger partial charge in [0.05, 0.1) is 10.9 Å². The Bertz CT molecular complexity index is 897. The summed E-state index contributed by atoms with van der Waals surface area (Å²) in [4.78, 5) is 14.3. The van der Waals surface area contributed by atoms with Gasteiger partial charge in [0.2, 0.25) is 9.84 Å². The summed E-state index contributed by atoms with van der Waals surface area (Å²) in [6.45, 7) is 2.34. The molecule has 150 valence electrons. The molecular formula is C20H22F2N2O3S. The van der Waals surface area contributed by atoms with Gasteiger partial charge in [-0.15, -0.1) is 0 Å². The number of nitrogens with one attached hydrogen (secondary N) is 1. The fourth-order valence-corrected chi connectivity index (χ4v) is 4.10. The number of alkyl halides is 2. The van der Waals surface area contributed by atoms with E-state index in [1.807, 2.05) is 30.3 Å². The van der Waals surface area contributed by atoms with Crippen LogP contribution in [0.15, 0.2) is 59.5 Å². The lowest BCUT2D eigenvalue weighted by Crippen LogP contribution is -2.36. The number of nitrogens with zero attached hydrogens (tertiary/aromatic N) is 1. The zero-order valence-electron chi connectivity index (χ0n) is 15.2.